The molecule has 0 aliphatic rings. The molecule has 0 spiro atoms. The van der Waals surface area contributed by atoms with Crippen LogP contribution in [0, 0.1) is 5.92 Å². The first kappa shape index (κ1) is 15.0. The van der Waals surface area contributed by atoms with Crippen molar-refractivity contribution in [1.82, 2.24) is 10.6 Å². The van der Waals surface area contributed by atoms with E-state index in [1.54, 1.807) is 0 Å². The normalized spacial score (nSPS) is 10.4. The fourth-order valence-corrected chi connectivity index (χ4v) is 1.85. The first-order chi connectivity index (χ1) is 8.68. The summed E-state index contributed by atoms with van der Waals surface area (Å²) >= 11 is 5.19. The Morgan fingerprint density at radius 1 is 1.11 bits per heavy atom. The molecule has 0 atom stereocenters. The number of unbranched alkanes of at least 4 members (excludes halogenated alkanes) is 1. The molecular formula is C15H24N2S. The topological polar surface area (TPSA) is 24.1 Å². The summed E-state index contributed by atoms with van der Waals surface area (Å²) in [5.41, 5.74) is 1.41. The molecule has 0 amide bonds. The summed E-state index contributed by atoms with van der Waals surface area (Å²) < 4.78 is 0. The van der Waals surface area contributed by atoms with E-state index in [0.717, 1.165) is 31.0 Å². The molecule has 2 N–H and O–H groups in total. The summed E-state index contributed by atoms with van der Waals surface area (Å²) in [5, 5.41) is 7.24. The van der Waals surface area contributed by atoms with Gasteiger partial charge < -0.3 is 10.6 Å². The Bertz CT molecular complexity index is 336. The molecular weight excluding hydrogens is 240 g/mol. The molecule has 0 aromatic heterocycles. The average molecular weight is 264 g/mol. The van der Waals surface area contributed by atoms with Crippen LogP contribution in [0.25, 0.3) is 0 Å². The second kappa shape index (κ2) is 8.92. The zero-order chi connectivity index (χ0) is 13.2. The van der Waals surface area contributed by atoms with Crippen molar-refractivity contribution < 1.29 is 0 Å². The Kier molecular flexibility index (Phi) is 7.42. The second-order valence-corrected chi connectivity index (χ2v) is 5.38. The zero-order valence-corrected chi connectivity index (χ0v) is 12.2. The van der Waals surface area contributed by atoms with Gasteiger partial charge in [-0.1, -0.05) is 44.2 Å². The molecule has 1 rings (SSSR count). The molecule has 0 fully saturated rings. The smallest absolute Gasteiger partial charge is 0.166 e. The van der Waals surface area contributed by atoms with Crippen LogP contribution in [0.1, 0.15) is 32.3 Å². The molecule has 100 valence electrons. The number of rotatable bonds is 7. The summed E-state index contributed by atoms with van der Waals surface area (Å²) in [6.45, 7) is 6.25. The van der Waals surface area contributed by atoms with Crippen LogP contribution in [0.3, 0.4) is 0 Å². The fraction of sp³-hybridized carbons (Fsp3) is 0.533. The van der Waals surface area contributed by atoms with Crippen molar-refractivity contribution in [3.63, 3.8) is 0 Å². The van der Waals surface area contributed by atoms with Gasteiger partial charge in [0, 0.05) is 13.1 Å². The molecule has 0 aliphatic carbocycles. The van der Waals surface area contributed by atoms with Crippen LogP contribution in [-0.4, -0.2) is 18.2 Å². The van der Waals surface area contributed by atoms with Crippen LogP contribution < -0.4 is 10.6 Å². The van der Waals surface area contributed by atoms with E-state index in [9.17, 15) is 0 Å². The van der Waals surface area contributed by atoms with Gasteiger partial charge in [0.05, 0.1) is 0 Å². The summed E-state index contributed by atoms with van der Waals surface area (Å²) in [7, 11) is 0. The van der Waals surface area contributed by atoms with Crippen molar-refractivity contribution in [2.75, 3.05) is 13.1 Å². The minimum atomic E-state index is 0.628. The van der Waals surface area contributed by atoms with Crippen molar-refractivity contribution in [3.05, 3.63) is 35.9 Å². The molecule has 1 aromatic carbocycles. The summed E-state index contributed by atoms with van der Waals surface area (Å²) in [5.74, 6) is 0.628. The highest BCUT2D eigenvalue weighted by Crippen LogP contribution is 2.03. The Balaban J connectivity index is 2.00. The number of aryl methyl sites for hydroxylation is 1. The highest BCUT2D eigenvalue weighted by atomic mass is 32.1. The van der Waals surface area contributed by atoms with Crippen molar-refractivity contribution in [2.45, 2.75) is 33.1 Å². The number of nitrogens with one attached hydrogen (secondary N) is 2. The van der Waals surface area contributed by atoms with E-state index in [1.807, 2.05) is 0 Å². The van der Waals surface area contributed by atoms with Crippen LogP contribution in [0.4, 0.5) is 0 Å². The van der Waals surface area contributed by atoms with Gasteiger partial charge in [0.25, 0.3) is 0 Å². The Morgan fingerprint density at radius 3 is 2.50 bits per heavy atom. The molecule has 0 heterocycles. The maximum Gasteiger partial charge on any atom is 0.166 e. The van der Waals surface area contributed by atoms with Crippen molar-refractivity contribution in [3.8, 4) is 0 Å². The van der Waals surface area contributed by atoms with Gasteiger partial charge in [-0.25, -0.2) is 0 Å². The average Bonchev–Trinajstić information content (AvgIpc) is 2.37. The number of thiocarbonyl (C=S) groups is 1. The molecule has 0 saturated heterocycles. The highest BCUT2D eigenvalue weighted by Gasteiger charge is 1.97. The molecule has 0 bridgehead atoms. The van der Waals surface area contributed by atoms with E-state index in [0.29, 0.717) is 5.92 Å². The third kappa shape index (κ3) is 7.28. The van der Waals surface area contributed by atoms with E-state index in [-0.39, 0.29) is 0 Å². The van der Waals surface area contributed by atoms with Gasteiger partial charge in [0.2, 0.25) is 0 Å². The second-order valence-electron chi connectivity index (χ2n) is 4.97. The van der Waals surface area contributed by atoms with E-state index < -0.39 is 0 Å². The predicted molar refractivity (Wildman–Crippen MR) is 82.8 cm³/mol. The van der Waals surface area contributed by atoms with Crippen LogP contribution in [0.15, 0.2) is 30.3 Å². The molecule has 2 nitrogen and oxygen atoms in total. The maximum atomic E-state index is 5.19. The van der Waals surface area contributed by atoms with Crippen LogP contribution in [0.5, 0.6) is 0 Å². The van der Waals surface area contributed by atoms with Gasteiger partial charge in [0.1, 0.15) is 0 Å². The number of hydrogen-bond donors (Lipinski definition) is 2. The number of hydrogen-bond acceptors (Lipinski definition) is 1. The molecule has 0 radical (unpaired) electrons. The van der Waals surface area contributed by atoms with E-state index in [4.69, 9.17) is 12.2 Å². The first-order valence-corrected chi connectivity index (χ1v) is 7.15. The first-order valence-electron chi connectivity index (χ1n) is 6.74. The summed E-state index contributed by atoms with van der Waals surface area (Å²) in [6.07, 6.45) is 3.50. The summed E-state index contributed by atoms with van der Waals surface area (Å²) in [4.78, 5) is 0. The van der Waals surface area contributed by atoms with Crippen molar-refractivity contribution in [2.24, 2.45) is 5.92 Å². The Hall–Kier alpha value is -1.09. The van der Waals surface area contributed by atoms with Gasteiger partial charge >= 0.3 is 0 Å². The van der Waals surface area contributed by atoms with Crippen molar-refractivity contribution >= 4 is 17.3 Å². The van der Waals surface area contributed by atoms with E-state index >= 15 is 0 Å². The van der Waals surface area contributed by atoms with Gasteiger partial charge in [0.15, 0.2) is 5.11 Å². The Labute approximate surface area is 116 Å². The van der Waals surface area contributed by atoms with Gasteiger partial charge in [-0.05, 0) is 43.0 Å². The fourth-order valence-electron chi connectivity index (χ4n) is 1.66. The van der Waals surface area contributed by atoms with Crippen LogP contribution in [-0.2, 0) is 6.42 Å². The van der Waals surface area contributed by atoms with Gasteiger partial charge in [-0.2, -0.15) is 0 Å². The standard InChI is InChI=1S/C15H24N2S/c1-13(2)12-17-15(18)16-11-7-6-10-14-8-4-3-5-9-14/h3-5,8-9,13H,6-7,10-12H2,1-2H3,(H2,16,17,18). The maximum absolute atomic E-state index is 5.19. The van der Waals surface area contributed by atoms with Crippen molar-refractivity contribution in [1.29, 1.82) is 0 Å². The van der Waals surface area contributed by atoms with Gasteiger partial charge in [-0.3, -0.25) is 0 Å². The molecule has 3 heteroatoms. The van der Waals surface area contributed by atoms with E-state index in [1.165, 1.54) is 12.0 Å². The van der Waals surface area contributed by atoms with Crippen LogP contribution in [0.2, 0.25) is 0 Å². The lowest BCUT2D eigenvalue weighted by atomic mass is 10.1. The highest BCUT2D eigenvalue weighted by molar-refractivity contribution is 7.80. The SMILES string of the molecule is CC(C)CNC(=S)NCCCCc1ccccc1. The van der Waals surface area contributed by atoms with E-state index in [2.05, 4.69) is 54.8 Å². The lowest BCUT2D eigenvalue weighted by molar-refractivity contribution is 0.615. The largest absolute Gasteiger partial charge is 0.363 e. The predicted octanol–water partition coefficient (Wildman–Crippen LogP) is 3.13. The Morgan fingerprint density at radius 2 is 1.83 bits per heavy atom. The molecule has 0 unspecified atom stereocenters. The zero-order valence-electron chi connectivity index (χ0n) is 11.4. The lowest BCUT2D eigenvalue weighted by Crippen LogP contribution is -2.37. The lowest BCUT2D eigenvalue weighted by Gasteiger charge is -2.11. The quantitative estimate of drug-likeness (QED) is 0.584. The number of benzene rings is 1. The minimum absolute atomic E-state index is 0.628. The third-order valence-electron chi connectivity index (χ3n) is 2.69. The molecule has 18 heavy (non-hydrogen) atoms. The minimum Gasteiger partial charge on any atom is -0.363 e. The molecule has 1 aromatic rings. The molecule has 0 aliphatic heterocycles. The third-order valence-corrected chi connectivity index (χ3v) is 2.98. The molecule has 0 saturated carbocycles. The van der Waals surface area contributed by atoms with Gasteiger partial charge in [-0.15, -0.1) is 0 Å². The summed E-state index contributed by atoms with van der Waals surface area (Å²) in [6, 6.07) is 10.6. The monoisotopic (exact) mass is 264 g/mol. The van der Waals surface area contributed by atoms with Crippen LogP contribution >= 0.6 is 12.2 Å².